The van der Waals surface area contributed by atoms with Gasteiger partial charge in [-0.05, 0) is 90.2 Å². The second-order valence-corrected chi connectivity index (χ2v) is 22.1. The molecule has 11 atom stereocenters. The minimum absolute atomic E-state index is 0.00878. The van der Waals surface area contributed by atoms with Crippen molar-refractivity contribution in [3.8, 4) is 17.0 Å². The number of hydroxylamine groups is 4. The Bertz CT molecular complexity index is 3090. The lowest BCUT2D eigenvalue weighted by Gasteiger charge is -2.34. The summed E-state index contributed by atoms with van der Waals surface area (Å²) in [5, 5.41) is 109. The summed E-state index contributed by atoms with van der Waals surface area (Å²) in [6, 6.07) is -11.8. The monoisotopic (exact) mass is 1330 g/mol. The van der Waals surface area contributed by atoms with E-state index in [1.54, 1.807) is 0 Å². The molecule has 3 heterocycles. The molecule has 12 amide bonds. The van der Waals surface area contributed by atoms with E-state index >= 15 is 0 Å². The number of fused-ring (bicyclic) bond motifs is 3. The highest BCUT2D eigenvalue weighted by Gasteiger charge is 2.38. The average molecular weight is 1330 g/mol. The fraction of sp³-hybridized carbons (Fsp3) is 0.582. The molecule has 23 N–H and O–H groups in total. The second kappa shape index (κ2) is 37.6. The van der Waals surface area contributed by atoms with Gasteiger partial charge in [0.25, 0.3) is 0 Å². The molecule has 1 aliphatic carbocycles. The number of hydrogen-bond acceptors (Lipinski definition) is 23. The van der Waals surface area contributed by atoms with Crippen molar-refractivity contribution in [2.24, 2.45) is 16.5 Å². The topological polar surface area (TPSA) is 609 Å². The number of pyridine rings is 1. The lowest BCUT2D eigenvalue weighted by Crippen LogP contribution is -2.62. The number of aliphatic carboxylic acids is 1. The van der Waals surface area contributed by atoms with Crippen LogP contribution < -0.4 is 75.4 Å². The van der Waals surface area contributed by atoms with Gasteiger partial charge in [-0.25, -0.2) is 10.1 Å². The van der Waals surface area contributed by atoms with E-state index in [9.17, 15) is 103 Å². The Morgan fingerprint density at radius 3 is 1.87 bits per heavy atom. The summed E-state index contributed by atoms with van der Waals surface area (Å²) < 4.78 is 1.29. The number of aliphatic hydroxyl groups is 4. The summed E-state index contributed by atoms with van der Waals surface area (Å²) in [5.74, 6) is -12.9. The fourth-order valence-corrected chi connectivity index (χ4v) is 9.83. The van der Waals surface area contributed by atoms with Crippen LogP contribution in [0.5, 0.6) is 5.75 Å². The number of aromatic nitrogens is 1. The van der Waals surface area contributed by atoms with Crippen LogP contribution in [0.4, 0.5) is 11.5 Å². The number of aliphatic imine (C=N–C) groups is 1. The van der Waals surface area contributed by atoms with Crippen molar-refractivity contribution in [2.45, 2.75) is 157 Å². The maximum Gasteiger partial charge on any atom is 0.303 e. The summed E-state index contributed by atoms with van der Waals surface area (Å²) >= 11 is 0. The van der Waals surface area contributed by atoms with Gasteiger partial charge in [0, 0.05) is 50.8 Å². The van der Waals surface area contributed by atoms with Crippen LogP contribution in [0.25, 0.3) is 11.3 Å². The van der Waals surface area contributed by atoms with E-state index < -0.39 is 182 Å². The van der Waals surface area contributed by atoms with E-state index in [4.69, 9.17) is 16.6 Å². The third kappa shape index (κ3) is 23.4. The molecule has 0 saturated carbocycles. The zero-order valence-corrected chi connectivity index (χ0v) is 51.4. The molecule has 0 aromatic heterocycles. The molecule has 0 aromatic rings. The van der Waals surface area contributed by atoms with Gasteiger partial charge in [-0.3, -0.25) is 82.5 Å². The number of anilines is 2. The van der Waals surface area contributed by atoms with Crippen LogP contribution in [-0.2, 0) is 62.3 Å². The number of aliphatic hydroxyl groups excluding tert-OH is 4. The molecule has 0 bridgehead atoms. The Balaban J connectivity index is 1.63. The zero-order chi connectivity index (χ0) is 69.9. The van der Waals surface area contributed by atoms with Gasteiger partial charge in [0.15, 0.2) is 11.7 Å². The lowest BCUT2D eigenvalue weighted by molar-refractivity contribution is -0.150. The maximum absolute atomic E-state index is 14.4. The van der Waals surface area contributed by atoms with E-state index in [2.05, 4.69) is 63.5 Å². The Labute approximate surface area is 535 Å². The molecule has 39 nitrogen and oxygen atoms in total. The van der Waals surface area contributed by atoms with Crippen LogP contribution in [0.2, 0.25) is 0 Å². The van der Waals surface area contributed by atoms with Gasteiger partial charge in [0.1, 0.15) is 60.2 Å². The van der Waals surface area contributed by atoms with Crippen LogP contribution in [-0.4, -0.2) is 246 Å². The number of carbonyl (C=O) groups excluding carboxylic acids is 12. The minimum Gasteiger partial charge on any atom is -0.504 e. The average Bonchev–Trinajstić information content (AvgIpc) is 0.751. The number of nitrogens with one attached hydrogen (secondary N) is 11. The highest BCUT2D eigenvalue weighted by molar-refractivity contribution is 6.00. The molecule has 94 heavy (non-hydrogen) atoms. The van der Waals surface area contributed by atoms with Crippen molar-refractivity contribution in [3.63, 3.8) is 0 Å². The van der Waals surface area contributed by atoms with Crippen molar-refractivity contribution >= 4 is 95.3 Å². The molecule has 4 aliphatic rings. The number of nitrogens with zero attached hydrogens (tertiary/aromatic N) is 4. The van der Waals surface area contributed by atoms with E-state index in [1.807, 2.05) is 0 Å². The zero-order valence-electron chi connectivity index (χ0n) is 51.4. The number of nitrogens with two attached hydrogens (primary N) is 2. The largest absolute Gasteiger partial charge is 0.504 e. The summed E-state index contributed by atoms with van der Waals surface area (Å²) in [6.45, 7) is -1.01. The van der Waals surface area contributed by atoms with Crippen molar-refractivity contribution < 1.29 is 103 Å². The molecule has 0 spiro atoms. The summed E-state index contributed by atoms with van der Waals surface area (Å²) in [4.78, 5) is 189. The van der Waals surface area contributed by atoms with E-state index in [1.165, 1.54) is 17.6 Å². The predicted molar refractivity (Wildman–Crippen MR) is 324 cm³/mol. The molecule has 1 saturated heterocycles. The normalized spacial score (nSPS) is 19.7. The smallest absolute Gasteiger partial charge is 0.303 e. The van der Waals surface area contributed by atoms with Crippen LogP contribution >= 0.6 is 0 Å². The first-order valence-electron chi connectivity index (χ1n) is 29.9. The van der Waals surface area contributed by atoms with Crippen LogP contribution in [0.15, 0.2) is 28.0 Å². The SMILES string of the molecule is CC(O)[C@@H]1NC(=O)[C@H](CCCN(O)C=O)NC(=O)[C@@H](NC(=O)[C@H](CCCN(O)C=O)NC(=O)[C@@H](CO)NC(=O)[C@H](CCCN=C(N)N)NC(=O)[C@@H](CO)NC(=O)[C@@H]2CCNc3c(NC(=O)CCC(=O)O)cc4cc(O)c(=O)cc-4n32)CCCCNC(=O)[C@H](C(C)O)NC1=O. The number of benzene rings is 1. The Morgan fingerprint density at radius 2 is 1.27 bits per heavy atom. The van der Waals surface area contributed by atoms with Gasteiger partial charge in [-0.15, -0.1) is 0 Å². The number of hydrogen-bond donors (Lipinski definition) is 21. The number of aromatic hydroxyl groups is 1. The van der Waals surface area contributed by atoms with Crippen molar-refractivity contribution in [1.82, 2.24) is 62.5 Å². The molecule has 1 fully saturated rings. The molecule has 4 rings (SSSR count). The van der Waals surface area contributed by atoms with Gasteiger partial charge in [-0.1, -0.05) is 0 Å². The van der Waals surface area contributed by atoms with E-state index in [0.717, 1.165) is 19.1 Å². The first-order chi connectivity index (χ1) is 44.5. The van der Waals surface area contributed by atoms with Gasteiger partial charge in [0.05, 0.1) is 43.2 Å². The standard InChI is InChI=1S/C55H83N17O22/c1-27(77)43-53(91)59-15-4-3-8-30(46(84)63-33(11-7-19-71(94)26-76)49(87)68-44(28(2)78)54(92)69-43)62-47(85)32(10-6-18-70(93)25-75)65-50(88)35(23-73)66-48(86)31(9-5-16-60-55(56)57)64-51(89)36(24-74)67-52(90)37-14-17-58-45-34(61-41(81)12-13-42(82)83)20-29-21-39(79)40(80)22-38(29)72(37)45/h20-22,25-28,30-33,35-37,43-44,58,73-74,77-79,93-94H,3-19,23-24H2,1-2H3,(H,59,91)(H,61,81)(H,62,85)(H,63,84)(H,64,89)(H,65,88)(H,66,86)(H,67,90)(H,68,87)(H,69,92)(H,82,83)(H4,56,57,60)/t27?,28?,30-,31-,32-,33-,35+,36+,37-,43-,44-/m0/s1. The second-order valence-electron chi connectivity index (χ2n) is 22.1. The molecule has 2 unspecified atom stereocenters. The number of phenols is 1. The third-order valence-electron chi connectivity index (χ3n) is 14.8. The number of guanidine groups is 1. The van der Waals surface area contributed by atoms with Crippen molar-refractivity contribution in [1.29, 1.82) is 0 Å². The molecule has 0 aromatic carbocycles. The molecular formula is C55H83N17O22. The minimum atomic E-state index is -1.97. The molecule has 520 valence electrons. The van der Waals surface area contributed by atoms with E-state index in [-0.39, 0.29) is 136 Å². The Hall–Kier alpha value is -9.83. The Morgan fingerprint density at radius 1 is 0.691 bits per heavy atom. The number of rotatable bonds is 32. The number of carboxylic acid groups (broad SMARTS) is 1. The van der Waals surface area contributed by atoms with Crippen LogP contribution in [0.3, 0.4) is 0 Å². The van der Waals surface area contributed by atoms with Gasteiger partial charge < -0.3 is 105 Å². The third-order valence-corrected chi connectivity index (χ3v) is 14.8. The molecule has 3 aliphatic heterocycles. The van der Waals surface area contributed by atoms with Crippen LogP contribution in [0.1, 0.15) is 96.9 Å². The van der Waals surface area contributed by atoms with E-state index in [0.29, 0.717) is 0 Å². The fourth-order valence-electron chi connectivity index (χ4n) is 9.83. The lowest BCUT2D eigenvalue weighted by atomic mass is 10.0. The predicted octanol–water partition coefficient (Wildman–Crippen LogP) is -7.95. The number of phenolic OH excluding ortho intramolecular Hbond substituents is 1. The highest BCUT2D eigenvalue weighted by Crippen LogP contribution is 2.40. The molecular weight excluding hydrogens is 1250 g/mol. The van der Waals surface area contributed by atoms with Crippen molar-refractivity contribution in [3.05, 3.63) is 28.4 Å². The first-order valence-corrected chi connectivity index (χ1v) is 29.9. The van der Waals surface area contributed by atoms with Crippen molar-refractivity contribution in [2.75, 3.05) is 56.6 Å². The number of carboxylic acids is 1. The van der Waals surface area contributed by atoms with Gasteiger partial charge in [-0.2, -0.15) is 0 Å². The number of carbonyl (C=O) groups is 13. The molecule has 39 heteroatoms. The van der Waals surface area contributed by atoms with Crippen LogP contribution in [0, 0.1) is 0 Å². The number of amides is 12. The Kier molecular flexibility index (Phi) is 30.7. The van der Waals surface area contributed by atoms with Gasteiger partial charge in [0.2, 0.25) is 77.3 Å². The summed E-state index contributed by atoms with van der Waals surface area (Å²) in [7, 11) is 0. The summed E-state index contributed by atoms with van der Waals surface area (Å²) in [6.07, 6.45) is -5.84. The maximum atomic E-state index is 14.4. The summed E-state index contributed by atoms with van der Waals surface area (Å²) in [5.41, 5.74) is 10.3. The van der Waals surface area contributed by atoms with Gasteiger partial charge >= 0.3 is 5.97 Å². The quantitative estimate of drug-likeness (QED) is 0.00808. The highest BCUT2D eigenvalue weighted by atomic mass is 16.5. The molecule has 0 radical (unpaired) electrons. The first kappa shape index (κ1) is 76.6.